The van der Waals surface area contributed by atoms with Crippen molar-refractivity contribution in [3.63, 3.8) is 0 Å². The van der Waals surface area contributed by atoms with Crippen LogP contribution in [0.5, 0.6) is 0 Å². The highest BCUT2D eigenvalue weighted by Crippen LogP contribution is 2.31. The first-order chi connectivity index (χ1) is 18.9. The summed E-state index contributed by atoms with van der Waals surface area (Å²) in [7, 11) is 0. The molecule has 39 heavy (non-hydrogen) atoms. The molecule has 8 nitrogen and oxygen atoms in total. The van der Waals surface area contributed by atoms with Gasteiger partial charge in [-0.05, 0) is 67.6 Å². The number of H-pyrrole nitrogens is 1. The Bertz CT molecular complexity index is 1900. The third-order valence-corrected chi connectivity index (χ3v) is 7.93. The number of fused-ring (bicyclic) bond motifs is 2. The van der Waals surface area contributed by atoms with Crippen molar-refractivity contribution >= 4 is 46.2 Å². The SMILES string of the molecule is CCOC(=O)C1=C(C)N=c2s/c(=C/c3ccc(Sc4nc5ccccc5[nH]4)o3)c(=O)n2[C@H]1c1ccc(F)cc1. The van der Waals surface area contributed by atoms with Crippen LogP contribution in [0.3, 0.4) is 0 Å². The highest BCUT2D eigenvalue weighted by Gasteiger charge is 2.33. The number of thiazole rings is 1. The molecular weight excluding hydrogens is 539 g/mol. The van der Waals surface area contributed by atoms with E-state index in [0.29, 0.717) is 36.6 Å². The number of rotatable bonds is 6. The minimum Gasteiger partial charge on any atom is -0.463 e. The number of hydrogen-bond acceptors (Lipinski definition) is 8. The first-order valence-corrected chi connectivity index (χ1v) is 13.7. The summed E-state index contributed by atoms with van der Waals surface area (Å²) in [5.41, 5.74) is 2.71. The van der Waals surface area contributed by atoms with Gasteiger partial charge in [0.05, 0.1) is 39.5 Å². The van der Waals surface area contributed by atoms with Crippen molar-refractivity contribution in [3.8, 4) is 0 Å². The van der Waals surface area contributed by atoms with Gasteiger partial charge in [0, 0.05) is 6.08 Å². The lowest BCUT2D eigenvalue weighted by Gasteiger charge is -2.24. The van der Waals surface area contributed by atoms with Gasteiger partial charge in [0.1, 0.15) is 11.6 Å². The summed E-state index contributed by atoms with van der Waals surface area (Å²) in [6.07, 6.45) is 1.65. The summed E-state index contributed by atoms with van der Waals surface area (Å²) in [6, 6.07) is 16.2. The number of aromatic amines is 1. The topological polar surface area (TPSA) is 102 Å². The van der Waals surface area contributed by atoms with E-state index in [1.54, 1.807) is 38.1 Å². The molecule has 1 aliphatic heterocycles. The van der Waals surface area contributed by atoms with Crippen LogP contribution in [-0.4, -0.2) is 27.1 Å². The molecule has 11 heteroatoms. The molecule has 0 bridgehead atoms. The molecule has 0 radical (unpaired) electrons. The van der Waals surface area contributed by atoms with Gasteiger partial charge in [-0.25, -0.2) is 19.2 Å². The van der Waals surface area contributed by atoms with Crippen molar-refractivity contribution in [1.82, 2.24) is 14.5 Å². The van der Waals surface area contributed by atoms with Crippen LogP contribution in [0.25, 0.3) is 17.1 Å². The number of imidazole rings is 1. The summed E-state index contributed by atoms with van der Waals surface area (Å²) >= 11 is 2.53. The molecule has 0 amide bonds. The van der Waals surface area contributed by atoms with Gasteiger partial charge in [0.25, 0.3) is 5.56 Å². The normalized spacial score (nSPS) is 15.5. The fourth-order valence-corrected chi connectivity index (χ4v) is 6.22. The number of halogens is 1. The Kier molecular flexibility index (Phi) is 6.53. The molecule has 0 spiro atoms. The van der Waals surface area contributed by atoms with Crippen LogP contribution in [0.4, 0.5) is 4.39 Å². The largest absolute Gasteiger partial charge is 0.463 e. The molecule has 1 aliphatic rings. The number of nitrogens with one attached hydrogen (secondary N) is 1. The third-order valence-electron chi connectivity index (χ3n) is 6.14. The smallest absolute Gasteiger partial charge is 0.338 e. The maximum atomic E-state index is 13.7. The summed E-state index contributed by atoms with van der Waals surface area (Å²) < 4.78 is 26.8. The molecule has 0 unspecified atom stereocenters. The van der Waals surface area contributed by atoms with Crippen LogP contribution in [0.2, 0.25) is 0 Å². The Labute approximate surface area is 229 Å². The average Bonchev–Trinajstić information content (AvgIpc) is 3.61. The molecular formula is C28H21FN4O4S2. The van der Waals surface area contributed by atoms with Gasteiger partial charge in [-0.3, -0.25) is 9.36 Å². The summed E-state index contributed by atoms with van der Waals surface area (Å²) in [5, 5.41) is 1.30. The number of allylic oxidation sites excluding steroid dienone is 1. The second-order valence-corrected chi connectivity index (χ2v) is 10.7. The summed E-state index contributed by atoms with van der Waals surface area (Å²) in [5.74, 6) is -0.502. The summed E-state index contributed by atoms with van der Waals surface area (Å²) in [6.45, 7) is 3.58. The van der Waals surface area contributed by atoms with E-state index in [9.17, 15) is 14.0 Å². The van der Waals surface area contributed by atoms with Gasteiger partial charge in [-0.2, -0.15) is 0 Å². The molecule has 5 aromatic rings. The Balaban J connectivity index is 1.39. The quantitative estimate of drug-likeness (QED) is 0.306. The van der Waals surface area contributed by atoms with E-state index >= 15 is 0 Å². The molecule has 0 saturated heterocycles. The molecule has 3 aromatic heterocycles. The Morgan fingerprint density at radius 3 is 2.77 bits per heavy atom. The molecule has 0 saturated carbocycles. The van der Waals surface area contributed by atoms with Crippen molar-refractivity contribution in [2.75, 3.05) is 6.61 Å². The van der Waals surface area contributed by atoms with E-state index < -0.39 is 17.8 Å². The van der Waals surface area contributed by atoms with E-state index in [-0.39, 0.29) is 17.7 Å². The molecule has 4 heterocycles. The second-order valence-electron chi connectivity index (χ2n) is 8.67. The monoisotopic (exact) mass is 560 g/mol. The minimum absolute atomic E-state index is 0.170. The van der Waals surface area contributed by atoms with E-state index in [2.05, 4.69) is 15.0 Å². The van der Waals surface area contributed by atoms with Crippen LogP contribution in [-0.2, 0) is 9.53 Å². The Hall–Kier alpha value is -4.22. The van der Waals surface area contributed by atoms with Crippen LogP contribution < -0.4 is 14.9 Å². The number of aromatic nitrogens is 3. The van der Waals surface area contributed by atoms with Gasteiger partial charge >= 0.3 is 5.97 Å². The van der Waals surface area contributed by atoms with Gasteiger partial charge < -0.3 is 14.1 Å². The zero-order valence-electron chi connectivity index (χ0n) is 20.8. The third kappa shape index (κ3) is 4.75. The fraction of sp³-hybridized carbons (Fsp3) is 0.143. The number of esters is 1. The molecule has 1 N–H and O–H groups in total. The molecule has 0 fully saturated rings. The maximum Gasteiger partial charge on any atom is 0.338 e. The van der Waals surface area contributed by atoms with Crippen molar-refractivity contribution < 1.29 is 18.3 Å². The number of hydrogen-bond donors (Lipinski definition) is 1. The lowest BCUT2D eigenvalue weighted by molar-refractivity contribution is -0.139. The predicted octanol–water partition coefficient (Wildman–Crippen LogP) is 4.56. The van der Waals surface area contributed by atoms with Crippen LogP contribution in [0.15, 0.2) is 96.4 Å². The zero-order valence-corrected chi connectivity index (χ0v) is 22.4. The number of ether oxygens (including phenoxy) is 1. The van der Waals surface area contributed by atoms with Crippen LogP contribution in [0, 0.1) is 5.82 Å². The second kappa shape index (κ2) is 10.2. The standard InChI is InChI=1S/C28H21FN4O4S2/c1-3-36-26(35)23-15(2)30-28-33(24(23)16-8-10-17(29)11-9-16)25(34)21(38-28)14-18-12-13-22(37-18)39-27-31-19-6-4-5-7-20(19)32-27/h4-14,24H,3H2,1-2H3,(H,31,32)/b21-14+/t24-/m0/s1. The van der Waals surface area contributed by atoms with Gasteiger partial charge in [0.15, 0.2) is 15.1 Å². The van der Waals surface area contributed by atoms with E-state index in [1.165, 1.54) is 39.8 Å². The van der Waals surface area contributed by atoms with Crippen LogP contribution in [0.1, 0.15) is 31.2 Å². The molecule has 2 aromatic carbocycles. The van der Waals surface area contributed by atoms with Gasteiger partial charge in [0.2, 0.25) is 0 Å². The van der Waals surface area contributed by atoms with E-state index in [1.807, 2.05) is 30.3 Å². The first-order valence-electron chi connectivity index (χ1n) is 12.1. The number of nitrogens with zero attached hydrogens (tertiary/aromatic N) is 3. The molecule has 196 valence electrons. The van der Waals surface area contributed by atoms with Crippen molar-refractivity contribution in [2.24, 2.45) is 4.99 Å². The Morgan fingerprint density at radius 1 is 1.21 bits per heavy atom. The number of furan rings is 1. The molecule has 0 aliphatic carbocycles. The maximum absolute atomic E-state index is 13.7. The predicted molar refractivity (Wildman–Crippen MR) is 146 cm³/mol. The van der Waals surface area contributed by atoms with Crippen molar-refractivity contribution in [1.29, 1.82) is 0 Å². The minimum atomic E-state index is -0.807. The van der Waals surface area contributed by atoms with Crippen molar-refractivity contribution in [3.05, 3.63) is 109 Å². The molecule has 1 atom stereocenters. The van der Waals surface area contributed by atoms with E-state index in [4.69, 9.17) is 9.15 Å². The number of carbonyl (C=O) groups excluding carboxylic acids is 1. The lowest BCUT2D eigenvalue weighted by atomic mass is 9.96. The zero-order chi connectivity index (χ0) is 27.1. The first kappa shape index (κ1) is 25.1. The van der Waals surface area contributed by atoms with Crippen LogP contribution >= 0.6 is 23.1 Å². The van der Waals surface area contributed by atoms with Gasteiger partial charge in [-0.1, -0.05) is 35.6 Å². The number of para-hydroxylation sites is 2. The number of carbonyl (C=O) groups is 1. The Morgan fingerprint density at radius 2 is 2.00 bits per heavy atom. The van der Waals surface area contributed by atoms with Gasteiger partial charge in [-0.15, -0.1) is 0 Å². The average molecular weight is 561 g/mol. The lowest BCUT2D eigenvalue weighted by Crippen LogP contribution is -2.39. The highest BCUT2D eigenvalue weighted by atomic mass is 32.2. The van der Waals surface area contributed by atoms with Crippen molar-refractivity contribution in [2.45, 2.75) is 30.1 Å². The summed E-state index contributed by atoms with van der Waals surface area (Å²) in [4.78, 5) is 39.4. The fourth-order valence-electron chi connectivity index (χ4n) is 4.42. The molecule has 6 rings (SSSR count). The van der Waals surface area contributed by atoms with E-state index in [0.717, 1.165) is 11.0 Å². The highest BCUT2D eigenvalue weighted by molar-refractivity contribution is 7.99. The number of benzene rings is 2.